The van der Waals surface area contributed by atoms with Crippen molar-refractivity contribution in [3.05, 3.63) is 21.9 Å². The van der Waals surface area contributed by atoms with Crippen molar-refractivity contribution in [2.45, 2.75) is 32.2 Å². The maximum Gasteiger partial charge on any atom is 0.225 e. The van der Waals surface area contributed by atoms with E-state index >= 15 is 0 Å². The van der Waals surface area contributed by atoms with Gasteiger partial charge in [0.05, 0.1) is 13.2 Å². The summed E-state index contributed by atoms with van der Waals surface area (Å²) >= 11 is 1.63. The van der Waals surface area contributed by atoms with Crippen molar-refractivity contribution in [2.75, 3.05) is 13.7 Å². The summed E-state index contributed by atoms with van der Waals surface area (Å²) in [4.78, 5) is 15.0. The lowest BCUT2D eigenvalue weighted by atomic mass is 9.84. The minimum absolute atomic E-state index is 0.0998. The highest BCUT2D eigenvalue weighted by Gasteiger charge is 2.27. The molecule has 2 rings (SSSR count). The van der Waals surface area contributed by atoms with Gasteiger partial charge in [-0.3, -0.25) is 4.79 Å². The Morgan fingerprint density at radius 2 is 2.37 bits per heavy atom. The summed E-state index contributed by atoms with van der Waals surface area (Å²) in [5.74, 6) is 6.44. The van der Waals surface area contributed by atoms with Gasteiger partial charge in [0.15, 0.2) is 0 Å². The van der Waals surface area contributed by atoms with Crippen LogP contribution in [-0.4, -0.2) is 29.6 Å². The molecule has 0 aliphatic heterocycles. The monoisotopic (exact) mass is 277 g/mol. The third-order valence-corrected chi connectivity index (χ3v) is 4.27. The van der Waals surface area contributed by atoms with E-state index in [0.717, 1.165) is 23.3 Å². The molecule has 1 aromatic heterocycles. The SMILES string of the molecule is CN(Cc1cc(C#CCCO)cs1)C(=O)C1CCC1. The first-order chi connectivity index (χ1) is 9.20. The Kier molecular flexibility index (Phi) is 5.00. The van der Waals surface area contributed by atoms with E-state index < -0.39 is 0 Å². The largest absolute Gasteiger partial charge is 0.395 e. The summed E-state index contributed by atoms with van der Waals surface area (Å²) in [6.07, 6.45) is 3.79. The Hall–Kier alpha value is -1.31. The summed E-state index contributed by atoms with van der Waals surface area (Å²) in [5.41, 5.74) is 0.970. The number of carbonyl (C=O) groups is 1. The molecule has 1 N–H and O–H groups in total. The smallest absolute Gasteiger partial charge is 0.225 e. The van der Waals surface area contributed by atoms with Crippen LogP contribution in [0.2, 0.25) is 0 Å². The van der Waals surface area contributed by atoms with E-state index in [1.54, 1.807) is 11.3 Å². The van der Waals surface area contributed by atoms with Crippen LogP contribution in [0.3, 0.4) is 0 Å². The van der Waals surface area contributed by atoms with Gasteiger partial charge in [0.25, 0.3) is 0 Å². The van der Waals surface area contributed by atoms with E-state index in [1.165, 1.54) is 6.42 Å². The molecular weight excluding hydrogens is 258 g/mol. The summed E-state index contributed by atoms with van der Waals surface area (Å²) in [5, 5.41) is 10.7. The molecule has 1 aliphatic carbocycles. The zero-order valence-corrected chi connectivity index (χ0v) is 12.0. The van der Waals surface area contributed by atoms with E-state index in [9.17, 15) is 4.79 Å². The number of hydrogen-bond acceptors (Lipinski definition) is 3. The molecule has 1 aromatic rings. The fourth-order valence-electron chi connectivity index (χ4n) is 2.03. The number of carbonyl (C=O) groups excluding carboxylic acids is 1. The molecule has 1 aliphatic rings. The number of hydrogen-bond donors (Lipinski definition) is 1. The second-order valence-corrected chi connectivity index (χ2v) is 5.89. The average molecular weight is 277 g/mol. The minimum Gasteiger partial charge on any atom is -0.395 e. The van der Waals surface area contributed by atoms with Crippen LogP contribution in [0.1, 0.15) is 36.1 Å². The molecular formula is C15H19NO2S. The fourth-order valence-corrected chi connectivity index (χ4v) is 2.90. The van der Waals surface area contributed by atoms with Gasteiger partial charge in [-0.15, -0.1) is 11.3 Å². The number of thiophene rings is 1. The molecule has 1 heterocycles. The molecule has 102 valence electrons. The number of aliphatic hydroxyl groups is 1. The second-order valence-electron chi connectivity index (χ2n) is 4.90. The topological polar surface area (TPSA) is 40.5 Å². The molecule has 0 unspecified atom stereocenters. The van der Waals surface area contributed by atoms with Crippen LogP contribution in [-0.2, 0) is 11.3 Å². The molecule has 0 bridgehead atoms. The van der Waals surface area contributed by atoms with E-state index in [-0.39, 0.29) is 18.4 Å². The molecule has 1 saturated carbocycles. The first-order valence-electron chi connectivity index (χ1n) is 6.63. The summed E-state index contributed by atoms with van der Waals surface area (Å²) in [7, 11) is 1.87. The van der Waals surface area contributed by atoms with Gasteiger partial charge >= 0.3 is 0 Å². The number of rotatable bonds is 4. The first kappa shape index (κ1) is 14.1. The van der Waals surface area contributed by atoms with E-state index in [4.69, 9.17) is 5.11 Å². The normalized spacial score (nSPS) is 14.4. The Labute approximate surface area is 118 Å². The van der Waals surface area contributed by atoms with E-state index in [1.807, 2.05) is 23.4 Å². The maximum atomic E-state index is 12.0. The van der Waals surface area contributed by atoms with Crippen molar-refractivity contribution >= 4 is 17.2 Å². The van der Waals surface area contributed by atoms with Gasteiger partial charge < -0.3 is 10.0 Å². The van der Waals surface area contributed by atoms with Gasteiger partial charge in [-0.05, 0) is 18.9 Å². The summed E-state index contributed by atoms with van der Waals surface area (Å²) in [6.45, 7) is 0.768. The highest BCUT2D eigenvalue weighted by Crippen LogP contribution is 2.28. The Morgan fingerprint density at radius 1 is 1.58 bits per heavy atom. The molecule has 0 spiro atoms. The third-order valence-electron chi connectivity index (χ3n) is 3.35. The van der Waals surface area contributed by atoms with Gasteiger partial charge in [0.2, 0.25) is 5.91 Å². The highest BCUT2D eigenvalue weighted by molar-refractivity contribution is 7.10. The van der Waals surface area contributed by atoms with Gasteiger partial charge in [-0.25, -0.2) is 0 Å². The van der Waals surface area contributed by atoms with Crippen LogP contribution in [0.5, 0.6) is 0 Å². The number of aliphatic hydroxyl groups excluding tert-OH is 1. The van der Waals surface area contributed by atoms with Crippen molar-refractivity contribution in [3.8, 4) is 11.8 Å². The molecule has 0 atom stereocenters. The first-order valence-corrected chi connectivity index (χ1v) is 7.51. The number of amides is 1. The van der Waals surface area contributed by atoms with Crippen LogP contribution < -0.4 is 0 Å². The molecule has 4 heteroatoms. The maximum absolute atomic E-state index is 12.0. The molecule has 19 heavy (non-hydrogen) atoms. The minimum atomic E-state index is 0.0998. The van der Waals surface area contributed by atoms with Crippen molar-refractivity contribution in [3.63, 3.8) is 0 Å². The summed E-state index contributed by atoms with van der Waals surface area (Å²) < 4.78 is 0. The lowest BCUT2D eigenvalue weighted by Gasteiger charge is -2.28. The van der Waals surface area contributed by atoms with Crippen LogP contribution in [0.15, 0.2) is 11.4 Å². The van der Waals surface area contributed by atoms with Crippen molar-refractivity contribution in [2.24, 2.45) is 5.92 Å². The fraction of sp³-hybridized carbons (Fsp3) is 0.533. The van der Waals surface area contributed by atoms with Crippen molar-refractivity contribution in [1.29, 1.82) is 0 Å². The Balaban J connectivity index is 1.88. The second kappa shape index (κ2) is 6.74. The van der Waals surface area contributed by atoms with Crippen LogP contribution in [0, 0.1) is 17.8 Å². The third kappa shape index (κ3) is 3.82. The number of nitrogens with zero attached hydrogens (tertiary/aromatic N) is 1. The van der Waals surface area contributed by atoms with Gasteiger partial charge in [-0.1, -0.05) is 18.3 Å². The lowest BCUT2D eigenvalue weighted by Crippen LogP contribution is -2.35. The van der Waals surface area contributed by atoms with Crippen molar-refractivity contribution < 1.29 is 9.90 Å². The molecule has 0 radical (unpaired) electrons. The molecule has 0 aromatic carbocycles. The van der Waals surface area contributed by atoms with Gasteiger partial charge in [0.1, 0.15) is 0 Å². The molecule has 0 saturated heterocycles. The quantitative estimate of drug-likeness (QED) is 0.858. The highest BCUT2D eigenvalue weighted by atomic mass is 32.1. The van der Waals surface area contributed by atoms with Gasteiger partial charge in [0, 0.05) is 35.2 Å². The van der Waals surface area contributed by atoms with E-state index in [2.05, 4.69) is 11.8 Å². The predicted molar refractivity (Wildman–Crippen MR) is 76.7 cm³/mol. The Bertz CT molecular complexity index is 494. The molecule has 1 fully saturated rings. The zero-order chi connectivity index (χ0) is 13.7. The standard InChI is InChI=1S/C15H19NO2S/c1-16(15(18)13-6-4-7-13)10-14-9-12(11-19-14)5-2-3-8-17/h9,11,13,17H,3-4,6-8,10H2,1H3. The molecule has 3 nitrogen and oxygen atoms in total. The van der Waals surface area contributed by atoms with Crippen LogP contribution in [0.4, 0.5) is 0 Å². The average Bonchev–Trinajstić information content (AvgIpc) is 2.75. The van der Waals surface area contributed by atoms with Crippen LogP contribution in [0.25, 0.3) is 0 Å². The van der Waals surface area contributed by atoms with E-state index in [0.29, 0.717) is 13.0 Å². The summed E-state index contributed by atoms with van der Waals surface area (Å²) in [6, 6.07) is 2.03. The predicted octanol–water partition coefficient (Wildman–Crippen LogP) is 2.24. The lowest BCUT2D eigenvalue weighted by molar-refractivity contribution is -0.137. The van der Waals surface area contributed by atoms with Crippen LogP contribution >= 0.6 is 11.3 Å². The zero-order valence-electron chi connectivity index (χ0n) is 11.2. The molecule has 1 amide bonds. The Morgan fingerprint density at radius 3 is 3.00 bits per heavy atom. The van der Waals surface area contributed by atoms with Gasteiger partial charge in [-0.2, -0.15) is 0 Å². The van der Waals surface area contributed by atoms with Crippen molar-refractivity contribution in [1.82, 2.24) is 4.90 Å².